The first-order chi connectivity index (χ1) is 5.61. The van der Waals surface area contributed by atoms with Crippen LogP contribution >= 0.6 is 12.6 Å². The molecule has 1 unspecified atom stereocenters. The normalized spacial score (nSPS) is 12.2. The van der Waals surface area contributed by atoms with Crippen molar-refractivity contribution >= 4 is 24.4 Å². The molecule has 70 valence electrons. The lowest BCUT2D eigenvalue weighted by Crippen LogP contribution is -2.19. The molecule has 0 aliphatic heterocycles. The van der Waals surface area contributed by atoms with Crippen LogP contribution in [-0.4, -0.2) is 24.1 Å². The molecule has 0 aromatic rings. The summed E-state index contributed by atoms with van der Waals surface area (Å²) >= 11 is 3.94. The average Bonchev–Trinajstić information content (AvgIpc) is 2.03. The fourth-order valence-corrected chi connectivity index (χ4v) is 1.12. The zero-order valence-electron chi connectivity index (χ0n) is 7.37. The molecule has 0 saturated carbocycles. The summed E-state index contributed by atoms with van der Waals surface area (Å²) in [6, 6.07) is 0. The van der Waals surface area contributed by atoms with Crippen LogP contribution in [-0.2, 0) is 14.3 Å². The first-order valence-corrected chi connectivity index (χ1v) is 4.41. The zero-order valence-corrected chi connectivity index (χ0v) is 8.27. The Labute approximate surface area is 77.9 Å². The molecule has 0 aromatic carbocycles. The predicted molar refractivity (Wildman–Crippen MR) is 49.3 cm³/mol. The van der Waals surface area contributed by atoms with Crippen LogP contribution in [0.3, 0.4) is 0 Å². The third-order valence-corrected chi connectivity index (χ3v) is 1.82. The summed E-state index contributed by atoms with van der Waals surface area (Å²) in [4.78, 5) is 21.8. The Morgan fingerprint density at radius 3 is 2.50 bits per heavy atom. The van der Waals surface area contributed by atoms with E-state index in [0.29, 0.717) is 6.42 Å². The van der Waals surface area contributed by atoms with Gasteiger partial charge in [0.1, 0.15) is 11.0 Å². The third kappa shape index (κ3) is 4.38. The van der Waals surface area contributed by atoms with Crippen molar-refractivity contribution in [2.45, 2.75) is 31.4 Å². The van der Waals surface area contributed by atoms with Gasteiger partial charge in [0.25, 0.3) is 0 Å². The van der Waals surface area contributed by atoms with Crippen molar-refractivity contribution in [3.8, 4) is 0 Å². The predicted octanol–water partition coefficient (Wildman–Crippen LogP) is 1.22. The van der Waals surface area contributed by atoms with Gasteiger partial charge >= 0.3 is 5.97 Å². The van der Waals surface area contributed by atoms with Gasteiger partial charge in [0.05, 0.1) is 7.11 Å². The molecular formula is C8H14O3S. The number of carbonyl (C=O) groups is 2. The van der Waals surface area contributed by atoms with Gasteiger partial charge in [-0.1, -0.05) is 6.92 Å². The fraction of sp³-hybridized carbons (Fsp3) is 0.750. The van der Waals surface area contributed by atoms with Crippen LogP contribution in [0.15, 0.2) is 0 Å². The minimum absolute atomic E-state index is 0.0582. The Morgan fingerprint density at radius 2 is 2.08 bits per heavy atom. The first-order valence-electron chi connectivity index (χ1n) is 3.89. The number of hydrogen-bond donors (Lipinski definition) is 1. The van der Waals surface area contributed by atoms with Crippen molar-refractivity contribution in [2.24, 2.45) is 0 Å². The molecule has 0 rings (SSSR count). The molecule has 0 radical (unpaired) electrons. The molecule has 0 N–H and O–H groups in total. The van der Waals surface area contributed by atoms with Gasteiger partial charge < -0.3 is 4.74 Å². The largest absolute Gasteiger partial charge is 0.468 e. The molecule has 4 heteroatoms. The molecule has 0 amide bonds. The number of hydrogen-bond acceptors (Lipinski definition) is 4. The van der Waals surface area contributed by atoms with Crippen LogP contribution in [0.5, 0.6) is 0 Å². The third-order valence-electron chi connectivity index (χ3n) is 1.42. The summed E-state index contributed by atoms with van der Waals surface area (Å²) in [6.45, 7) is 1.92. The van der Waals surface area contributed by atoms with Crippen LogP contribution in [0.2, 0.25) is 0 Å². The number of carbonyl (C=O) groups excluding carboxylic acids is 2. The lowest BCUT2D eigenvalue weighted by Gasteiger charge is -2.05. The van der Waals surface area contributed by atoms with E-state index in [-0.39, 0.29) is 12.2 Å². The molecule has 1 atom stereocenters. The Hall–Kier alpha value is -0.510. The average molecular weight is 190 g/mol. The maximum absolute atomic E-state index is 11.0. The quantitative estimate of drug-likeness (QED) is 0.523. The van der Waals surface area contributed by atoms with Crippen molar-refractivity contribution in [2.75, 3.05) is 7.11 Å². The van der Waals surface area contributed by atoms with Gasteiger partial charge in [-0.3, -0.25) is 9.59 Å². The zero-order chi connectivity index (χ0) is 9.56. The van der Waals surface area contributed by atoms with Gasteiger partial charge in [0, 0.05) is 12.8 Å². The molecule has 0 aliphatic rings. The van der Waals surface area contributed by atoms with Crippen LogP contribution in [0.4, 0.5) is 0 Å². The van der Waals surface area contributed by atoms with Crippen LogP contribution < -0.4 is 0 Å². The second-order valence-electron chi connectivity index (χ2n) is 2.53. The van der Waals surface area contributed by atoms with E-state index in [9.17, 15) is 9.59 Å². The molecule has 0 aliphatic carbocycles. The van der Waals surface area contributed by atoms with Gasteiger partial charge in [0.2, 0.25) is 0 Å². The van der Waals surface area contributed by atoms with E-state index < -0.39 is 11.2 Å². The molecule has 12 heavy (non-hydrogen) atoms. The summed E-state index contributed by atoms with van der Waals surface area (Å²) in [6.07, 6.45) is 1.48. The van der Waals surface area contributed by atoms with Crippen LogP contribution in [0.1, 0.15) is 26.2 Å². The van der Waals surface area contributed by atoms with Crippen molar-refractivity contribution < 1.29 is 14.3 Å². The number of thiol groups is 1. The molecule has 0 heterocycles. The number of methoxy groups -OCH3 is 1. The van der Waals surface area contributed by atoms with E-state index in [1.807, 2.05) is 6.92 Å². The molecule has 0 saturated heterocycles. The smallest absolute Gasteiger partial charge is 0.318 e. The summed E-state index contributed by atoms with van der Waals surface area (Å²) in [5.41, 5.74) is 0. The fourth-order valence-electron chi connectivity index (χ4n) is 0.816. The van der Waals surface area contributed by atoms with Crippen LogP contribution in [0.25, 0.3) is 0 Å². The first kappa shape index (κ1) is 11.5. The van der Waals surface area contributed by atoms with Gasteiger partial charge in [-0.2, -0.15) is 12.6 Å². The number of ether oxygens (including phenoxy) is 1. The molecule has 0 aromatic heterocycles. The van der Waals surface area contributed by atoms with E-state index in [0.717, 1.165) is 6.42 Å². The van der Waals surface area contributed by atoms with Crippen LogP contribution in [0, 0.1) is 0 Å². The second-order valence-corrected chi connectivity index (χ2v) is 3.16. The molecule has 0 spiro atoms. The van der Waals surface area contributed by atoms with Gasteiger partial charge in [-0.15, -0.1) is 0 Å². The standard InChI is InChI=1S/C8H14O3S/c1-3-4-6(9)5-7(12)8(10)11-2/h7,12H,3-5H2,1-2H3. The van der Waals surface area contributed by atoms with Gasteiger partial charge in [0.15, 0.2) is 0 Å². The Bertz CT molecular complexity index is 168. The minimum Gasteiger partial charge on any atom is -0.468 e. The van der Waals surface area contributed by atoms with Crippen molar-refractivity contribution in [3.05, 3.63) is 0 Å². The highest BCUT2D eigenvalue weighted by Gasteiger charge is 2.17. The molecule has 3 nitrogen and oxygen atoms in total. The highest BCUT2D eigenvalue weighted by Crippen LogP contribution is 2.06. The highest BCUT2D eigenvalue weighted by molar-refractivity contribution is 7.81. The van der Waals surface area contributed by atoms with Gasteiger partial charge in [-0.25, -0.2) is 0 Å². The summed E-state index contributed by atoms with van der Waals surface area (Å²) < 4.78 is 4.42. The van der Waals surface area contributed by atoms with E-state index in [1.165, 1.54) is 7.11 Å². The van der Waals surface area contributed by atoms with Gasteiger partial charge in [-0.05, 0) is 6.42 Å². The highest BCUT2D eigenvalue weighted by atomic mass is 32.1. The minimum atomic E-state index is -0.603. The summed E-state index contributed by atoms with van der Waals surface area (Å²) in [7, 11) is 1.29. The number of rotatable bonds is 5. The van der Waals surface area contributed by atoms with E-state index in [4.69, 9.17) is 0 Å². The maximum atomic E-state index is 11.0. The Kier molecular flexibility index (Phi) is 5.80. The second kappa shape index (κ2) is 6.06. The topological polar surface area (TPSA) is 43.4 Å². The SMILES string of the molecule is CCCC(=O)CC(S)C(=O)OC. The molecule has 0 bridgehead atoms. The van der Waals surface area contributed by atoms with E-state index in [2.05, 4.69) is 17.4 Å². The summed E-state index contributed by atoms with van der Waals surface area (Å²) in [5.74, 6) is -0.384. The lowest BCUT2D eigenvalue weighted by atomic mass is 10.1. The monoisotopic (exact) mass is 190 g/mol. The number of Topliss-reactive ketones (excluding diaryl/α,β-unsaturated/α-hetero) is 1. The molecular weight excluding hydrogens is 176 g/mol. The van der Waals surface area contributed by atoms with E-state index >= 15 is 0 Å². The summed E-state index contributed by atoms with van der Waals surface area (Å²) in [5, 5.41) is -0.603. The Morgan fingerprint density at radius 1 is 1.50 bits per heavy atom. The Balaban J connectivity index is 3.75. The van der Waals surface area contributed by atoms with Crippen molar-refractivity contribution in [1.82, 2.24) is 0 Å². The van der Waals surface area contributed by atoms with Crippen molar-refractivity contribution in [3.63, 3.8) is 0 Å². The van der Waals surface area contributed by atoms with E-state index in [1.54, 1.807) is 0 Å². The maximum Gasteiger partial charge on any atom is 0.318 e. The van der Waals surface area contributed by atoms with Crippen molar-refractivity contribution in [1.29, 1.82) is 0 Å². The number of ketones is 1. The number of esters is 1. The molecule has 0 fully saturated rings. The lowest BCUT2D eigenvalue weighted by molar-refractivity contribution is -0.141.